The Morgan fingerprint density at radius 3 is 2.36 bits per heavy atom. The molecule has 3 unspecified atom stereocenters. The summed E-state index contributed by atoms with van der Waals surface area (Å²) in [6, 6.07) is 0.189. The topological polar surface area (TPSA) is 60.2 Å². The summed E-state index contributed by atoms with van der Waals surface area (Å²) in [5, 5.41) is 0. The van der Waals surface area contributed by atoms with Crippen LogP contribution in [0.25, 0.3) is 0 Å². The third-order valence-corrected chi connectivity index (χ3v) is 3.32. The van der Waals surface area contributed by atoms with E-state index in [0.717, 1.165) is 12.2 Å². The van der Waals surface area contributed by atoms with Gasteiger partial charge in [-0.05, 0) is 12.3 Å². The Bertz CT molecular complexity index is 128. The molecule has 0 aliphatic carbocycles. The van der Waals surface area contributed by atoms with E-state index in [0.29, 0.717) is 11.7 Å². The first-order chi connectivity index (χ1) is 5.18. The molecule has 3 nitrogen and oxygen atoms in total. The van der Waals surface area contributed by atoms with Gasteiger partial charge in [-0.3, -0.25) is 4.21 Å². The van der Waals surface area contributed by atoms with Crippen molar-refractivity contribution in [3.8, 4) is 0 Å². The molecule has 1 rings (SSSR count). The fraction of sp³-hybridized carbons (Fsp3) is 0.857. The summed E-state index contributed by atoms with van der Waals surface area (Å²) in [5.74, 6) is 2.13. The van der Waals surface area contributed by atoms with Crippen molar-refractivity contribution in [3.05, 3.63) is 0 Å². The molecule has 0 aromatic heterocycles. The van der Waals surface area contributed by atoms with Crippen LogP contribution >= 0.6 is 0 Å². The molecular formula is C7H15NO2S. The molecule has 0 saturated carbocycles. The van der Waals surface area contributed by atoms with Crippen LogP contribution in [0.3, 0.4) is 0 Å². The monoisotopic (exact) mass is 177 g/mol. The molecule has 1 fully saturated rings. The molecule has 0 amide bonds. The summed E-state index contributed by atoms with van der Waals surface area (Å²) in [4.78, 5) is 8.00. The standard InChI is InChI=1S/C6H13NOS.CH2O/c1-5-2-6(7)4-9(8)3-5;1-2/h5-6H,2-4,7H2,1H3;1H2. The molecule has 1 saturated heterocycles. The summed E-state index contributed by atoms with van der Waals surface area (Å²) < 4.78 is 10.9. The molecule has 0 radical (unpaired) electrons. The minimum absolute atomic E-state index is 0.189. The van der Waals surface area contributed by atoms with Crippen molar-refractivity contribution in [2.75, 3.05) is 11.5 Å². The van der Waals surface area contributed by atoms with Crippen LogP contribution in [-0.2, 0) is 15.6 Å². The van der Waals surface area contributed by atoms with Crippen molar-refractivity contribution < 1.29 is 9.00 Å². The average molecular weight is 177 g/mol. The Hall–Kier alpha value is -0.220. The van der Waals surface area contributed by atoms with Gasteiger partial charge in [0.1, 0.15) is 6.79 Å². The number of nitrogens with two attached hydrogens (primary N) is 1. The lowest BCUT2D eigenvalue weighted by Crippen LogP contribution is -2.36. The number of carbonyl (C=O) groups is 1. The average Bonchev–Trinajstić information content (AvgIpc) is 1.88. The lowest BCUT2D eigenvalue weighted by atomic mass is 10.1. The zero-order valence-corrected chi connectivity index (χ0v) is 7.60. The molecule has 66 valence electrons. The Labute approximate surface area is 69.8 Å². The van der Waals surface area contributed by atoms with Crippen LogP contribution in [0.2, 0.25) is 0 Å². The molecule has 1 aliphatic heterocycles. The van der Waals surface area contributed by atoms with Gasteiger partial charge in [-0.1, -0.05) is 6.92 Å². The Morgan fingerprint density at radius 1 is 1.45 bits per heavy atom. The highest BCUT2D eigenvalue weighted by atomic mass is 32.2. The third-order valence-electron chi connectivity index (χ3n) is 1.58. The van der Waals surface area contributed by atoms with Gasteiger partial charge in [0.25, 0.3) is 0 Å². The predicted octanol–water partition coefficient (Wildman–Crippen LogP) is -0.0827. The van der Waals surface area contributed by atoms with Crippen LogP contribution in [0.1, 0.15) is 13.3 Å². The maximum absolute atomic E-state index is 10.9. The van der Waals surface area contributed by atoms with Crippen LogP contribution in [0.15, 0.2) is 0 Å². The normalized spacial score (nSPS) is 37.1. The predicted molar refractivity (Wildman–Crippen MR) is 46.8 cm³/mol. The van der Waals surface area contributed by atoms with Crippen LogP contribution in [0.4, 0.5) is 0 Å². The van der Waals surface area contributed by atoms with E-state index in [4.69, 9.17) is 10.5 Å². The van der Waals surface area contributed by atoms with Crippen molar-refractivity contribution in [2.45, 2.75) is 19.4 Å². The van der Waals surface area contributed by atoms with Gasteiger partial charge in [0.2, 0.25) is 0 Å². The van der Waals surface area contributed by atoms with E-state index >= 15 is 0 Å². The van der Waals surface area contributed by atoms with Crippen molar-refractivity contribution in [3.63, 3.8) is 0 Å². The van der Waals surface area contributed by atoms with E-state index in [1.165, 1.54) is 0 Å². The molecule has 1 aliphatic rings. The highest BCUT2D eigenvalue weighted by Crippen LogP contribution is 2.13. The fourth-order valence-corrected chi connectivity index (χ4v) is 2.80. The highest BCUT2D eigenvalue weighted by Gasteiger charge is 2.19. The van der Waals surface area contributed by atoms with E-state index in [1.807, 2.05) is 6.79 Å². The summed E-state index contributed by atoms with van der Waals surface area (Å²) in [6.07, 6.45) is 1.05. The van der Waals surface area contributed by atoms with E-state index < -0.39 is 10.8 Å². The van der Waals surface area contributed by atoms with Crippen molar-refractivity contribution in [2.24, 2.45) is 11.7 Å². The van der Waals surface area contributed by atoms with Crippen molar-refractivity contribution in [1.82, 2.24) is 0 Å². The van der Waals surface area contributed by atoms with E-state index in [9.17, 15) is 4.21 Å². The summed E-state index contributed by atoms with van der Waals surface area (Å²) in [6.45, 7) is 4.11. The number of carbonyl (C=O) groups excluding carboxylic acids is 1. The molecule has 11 heavy (non-hydrogen) atoms. The van der Waals surface area contributed by atoms with Gasteiger partial charge < -0.3 is 10.5 Å². The third kappa shape index (κ3) is 4.27. The molecule has 1 heterocycles. The first-order valence-electron chi connectivity index (χ1n) is 3.58. The number of rotatable bonds is 0. The molecule has 2 N–H and O–H groups in total. The van der Waals surface area contributed by atoms with Gasteiger partial charge >= 0.3 is 0 Å². The SMILES string of the molecule is C=O.CC1CC(N)CS(=O)C1. The summed E-state index contributed by atoms with van der Waals surface area (Å²) >= 11 is 0. The van der Waals surface area contributed by atoms with Gasteiger partial charge in [0, 0.05) is 28.3 Å². The summed E-state index contributed by atoms with van der Waals surface area (Å²) in [7, 11) is -0.625. The lowest BCUT2D eigenvalue weighted by Gasteiger charge is -2.22. The first kappa shape index (κ1) is 10.8. The van der Waals surface area contributed by atoms with Gasteiger partial charge in [0.15, 0.2) is 0 Å². The van der Waals surface area contributed by atoms with E-state index in [-0.39, 0.29) is 6.04 Å². The van der Waals surface area contributed by atoms with Crippen molar-refractivity contribution in [1.29, 1.82) is 0 Å². The van der Waals surface area contributed by atoms with Gasteiger partial charge in [-0.2, -0.15) is 0 Å². The number of hydrogen-bond acceptors (Lipinski definition) is 3. The molecule has 0 aromatic carbocycles. The molecule has 0 bridgehead atoms. The number of hydrogen-bond donors (Lipinski definition) is 1. The Balaban J connectivity index is 0.000000461. The minimum atomic E-state index is -0.625. The van der Waals surface area contributed by atoms with E-state index in [1.54, 1.807) is 0 Å². The Kier molecular flexibility index (Phi) is 5.32. The largest absolute Gasteiger partial charge is 0.327 e. The lowest BCUT2D eigenvalue weighted by molar-refractivity contribution is -0.0979. The van der Waals surface area contributed by atoms with Crippen LogP contribution < -0.4 is 5.73 Å². The van der Waals surface area contributed by atoms with Crippen molar-refractivity contribution >= 4 is 17.6 Å². The smallest absolute Gasteiger partial charge is 0.106 e. The molecule has 3 atom stereocenters. The van der Waals surface area contributed by atoms with Crippen LogP contribution in [0, 0.1) is 5.92 Å². The summed E-state index contributed by atoms with van der Waals surface area (Å²) in [5.41, 5.74) is 5.62. The van der Waals surface area contributed by atoms with Crippen LogP contribution in [-0.4, -0.2) is 28.5 Å². The van der Waals surface area contributed by atoms with Crippen LogP contribution in [0.5, 0.6) is 0 Å². The first-order valence-corrected chi connectivity index (χ1v) is 5.06. The second-order valence-corrected chi connectivity index (χ2v) is 4.42. The maximum atomic E-state index is 10.9. The second kappa shape index (κ2) is 5.43. The fourth-order valence-electron chi connectivity index (χ4n) is 1.28. The molecular weight excluding hydrogens is 162 g/mol. The highest BCUT2D eigenvalue weighted by molar-refractivity contribution is 7.85. The zero-order valence-electron chi connectivity index (χ0n) is 6.79. The van der Waals surface area contributed by atoms with Gasteiger partial charge in [-0.15, -0.1) is 0 Å². The molecule has 0 aromatic rings. The minimum Gasteiger partial charge on any atom is -0.327 e. The quantitative estimate of drug-likeness (QED) is 0.563. The Morgan fingerprint density at radius 2 is 2.00 bits per heavy atom. The maximum Gasteiger partial charge on any atom is 0.106 e. The molecule has 0 spiro atoms. The second-order valence-electron chi connectivity index (χ2n) is 2.87. The van der Waals surface area contributed by atoms with Gasteiger partial charge in [0.05, 0.1) is 0 Å². The molecule has 4 heteroatoms. The van der Waals surface area contributed by atoms with E-state index in [2.05, 4.69) is 6.92 Å². The van der Waals surface area contributed by atoms with Gasteiger partial charge in [-0.25, -0.2) is 0 Å². The zero-order chi connectivity index (χ0) is 8.85.